The normalized spacial score (nSPS) is 19.7. The number of aromatic nitrogens is 1. The van der Waals surface area contributed by atoms with Gasteiger partial charge in [0.2, 0.25) is 5.89 Å². The number of rotatable bonds is 9. The molecule has 30 heavy (non-hydrogen) atoms. The van der Waals surface area contributed by atoms with E-state index in [0.29, 0.717) is 25.0 Å². The molecule has 0 aliphatic heterocycles. The molecule has 1 aromatic heterocycles. The minimum atomic E-state index is -1.16. The number of carboxylic acid groups (broad SMARTS) is 1. The topological polar surface area (TPSA) is 81.8 Å². The van der Waals surface area contributed by atoms with Crippen LogP contribution in [0.2, 0.25) is 0 Å². The van der Waals surface area contributed by atoms with E-state index >= 15 is 0 Å². The van der Waals surface area contributed by atoms with E-state index in [1.165, 1.54) is 5.56 Å². The van der Waals surface area contributed by atoms with Crippen molar-refractivity contribution in [1.82, 2.24) is 4.98 Å². The van der Waals surface area contributed by atoms with Gasteiger partial charge in [0.1, 0.15) is 11.5 Å². The summed E-state index contributed by atoms with van der Waals surface area (Å²) in [4.78, 5) is 15.9. The monoisotopic (exact) mass is 415 g/mol. The molecular formula is C24H33NO5. The van der Waals surface area contributed by atoms with Crippen LogP contribution in [0.4, 0.5) is 0 Å². The molecule has 6 heteroatoms. The van der Waals surface area contributed by atoms with Crippen LogP contribution < -0.4 is 0 Å². The number of ether oxygens (including phenoxy) is 2. The van der Waals surface area contributed by atoms with E-state index in [4.69, 9.17) is 18.9 Å². The van der Waals surface area contributed by atoms with Gasteiger partial charge in [0.05, 0.1) is 19.3 Å². The number of carboxylic acids is 1. The lowest BCUT2D eigenvalue weighted by Gasteiger charge is -2.31. The fourth-order valence-corrected chi connectivity index (χ4v) is 3.72. The zero-order chi connectivity index (χ0) is 21.7. The van der Waals surface area contributed by atoms with E-state index in [9.17, 15) is 9.90 Å². The maximum absolute atomic E-state index is 11.2. The van der Waals surface area contributed by atoms with Crippen LogP contribution in [0.25, 0.3) is 11.5 Å². The summed E-state index contributed by atoms with van der Waals surface area (Å²) < 4.78 is 17.8. The molecule has 0 bridgehead atoms. The molecule has 1 fully saturated rings. The lowest BCUT2D eigenvalue weighted by atomic mass is 9.87. The summed E-state index contributed by atoms with van der Waals surface area (Å²) in [5.41, 5.74) is 1.87. The molecule has 0 amide bonds. The van der Waals surface area contributed by atoms with E-state index in [2.05, 4.69) is 26.0 Å². The molecule has 0 spiro atoms. The predicted octanol–water partition coefficient (Wildman–Crippen LogP) is 5.17. The maximum atomic E-state index is 11.2. The molecule has 1 N–H and O–H groups in total. The average molecular weight is 416 g/mol. The Morgan fingerprint density at radius 3 is 2.67 bits per heavy atom. The van der Waals surface area contributed by atoms with Gasteiger partial charge in [0.25, 0.3) is 0 Å². The van der Waals surface area contributed by atoms with E-state index < -0.39 is 11.6 Å². The minimum absolute atomic E-state index is 0.129. The van der Waals surface area contributed by atoms with Crippen molar-refractivity contribution in [2.24, 2.45) is 5.92 Å². The molecule has 1 aliphatic carbocycles. The van der Waals surface area contributed by atoms with Gasteiger partial charge in [0, 0.05) is 12.0 Å². The SMILES string of the molecule is CCc1oc(-c2ccc(C)cc2)nc1CO[C@H]1CCCC(COC(C)(C)C(=O)O)C1. The average Bonchev–Trinajstić information content (AvgIpc) is 3.15. The summed E-state index contributed by atoms with van der Waals surface area (Å²) in [7, 11) is 0. The fourth-order valence-electron chi connectivity index (χ4n) is 3.72. The van der Waals surface area contributed by atoms with Gasteiger partial charge < -0.3 is 19.0 Å². The van der Waals surface area contributed by atoms with E-state index in [1.807, 2.05) is 12.1 Å². The van der Waals surface area contributed by atoms with Crippen LogP contribution >= 0.6 is 0 Å². The highest BCUT2D eigenvalue weighted by Crippen LogP contribution is 2.29. The molecule has 2 atom stereocenters. The third-order valence-corrected chi connectivity index (χ3v) is 5.78. The second-order valence-electron chi connectivity index (χ2n) is 8.70. The smallest absolute Gasteiger partial charge is 0.335 e. The summed E-state index contributed by atoms with van der Waals surface area (Å²) in [6, 6.07) is 8.15. The molecule has 1 heterocycles. The van der Waals surface area contributed by atoms with Crippen molar-refractivity contribution in [3.8, 4) is 11.5 Å². The van der Waals surface area contributed by atoms with Crippen LogP contribution in [0.1, 0.15) is 63.5 Å². The zero-order valence-corrected chi connectivity index (χ0v) is 18.4. The first kappa shape index (κ1) is 22.5. The summed E-state index contributed by atoms with van der Waals surface area (Å²) in [5.74, 6) is 0.878. The van der Waals surface area contributed by atoms with Crippen molar-refractivity contribution >= 4 is 5.97 Å². The number of aliphatic carboxylic acids is 1. The first-order chi connectivity index (χ1) is 14.3. The third kappa shape index (κ3) is 5.70. The Morgan fingerprint density at radius 2 is 2.00 bits per heavy atom. The first-order valence-electron chi connectivity index (χ1n) is 10.8. The molecule has 6 nitrogen and oxygen atoms in total. The third-order valence-electron chi connectivity index (χ3n) is 5.78. The number of hydrogen-bond donors (Lipinski definition) is 1. The number of aryl methyl sites for hydroxylation is 2. The Bertz CT molecular complexity index is 840. The number of benzene rings is 1. The van der Waals surface area contributed by atoms with Gasteiger partial charge in [-0.1, -0.05) is 31.0 Å². The summed E-state index contributed by atoms with van der Waals surface area (Å²) in [6.07, 6.45) is 4.87. The van der Waals surface area contributed by atoms with Crippen LogP contribution in [0.3, 0.4) is 0 Å². The van der Waals surface area contributed by atoms with Crippen LogP contribution in [0, 0.1) is 12.8 Å². The highest BCUT2D eigenvalue weighted by atomic mass is 16.5. The van der Waals surface area contributed by atoms with Crippen molar-refractivity contribution < 1.29 is 23.8 Å². The highest BCUT2D eigenvalue weighted by molar-refractivity contribution is 5.76. The molecule has 2 aromatic rings. The Morgan fingerprint density at radius 1 is 1.27 bits per heavy atom. The molecule has 1 saturated carbocycles. The minimum Gasteiger partial charge on any atom is -0.479 e. The molecule has 3 rings (SSSR count). The van der Waals surface area contributed by atoms with Crippen molar-refractivity contribution in [3.05, 3.63) is 41.3 Å². The predicted molar refractivity (Wildman–Crippen MR) is 114 cm³/mol. The van der Waals surface area contributed by atoms with E-state index in [0.717, 1.165) is 49.1 Å². The van der Waals surface area contributed by atoms with Crippen LogP contribution in [-0.2, 0) is 27.3 Å². The number of carbonyl (C=O) groups is 1. The van der Waals surface area contributed by atoms with E-state index in [-0.39, 0.29) is 6.10 Å². The fraction of sp³-hybridized carbons (Fsp3) is 0.583. The van der Waals surface area contributed by atoms with Gasteiger partial charge >= 0.3 is 5.97 Å². The van der Waals surface area contributed by atoms with Gasteiger partial charge in [-0.3, -0.25) is 0 Å². The molecule has 1 aliphatic rings. The molecule has 0 saturated heterocycles. The molecule has 164 valence electrons. The van der Waals surface area contributed by atoms with Crippen molar-refractivity contribution in [3.63, 3.8) is 0 Å². The lowest BCUT2D eigenvalue weighted by molar-refractivity contribution is -0.163. The van der Waals surface area contributed by atoms with Crippen molar-refractivity contribution in [2.45, 2.75) is 78.1 Å². The largest absolute Gasteiger partial charge is 0.479 e. The lowest BCUT2D eigenvalue weighted by Crippen LogP contribution is -2.37. The summed E-state index contributed by atoms with van der Waals surface area (Å²) in [5, 5.41) is 9.21. The Labute approximate surface area is 178 Å². The zero-order valence-electron chi connectivity index (χ0n) is 18.4. The van der Waals surface area contributed by atoms with Gasteiger partial charge in [-0.2, -0.15) is 0 Å². The van der Waals surface area contributed by atoms with Crippen molar-refractivity contribution in [2.75, 3.05) is 6.61 Å². The standard InChI is InChI=1S/C24H33NO5/c1-5-21-20(25-22(30-21)18-11-9-16(2)10-12-18)15-28-19-8-6-7-17(13-19)14-29-24(3,4)23(26)27/h9-12,17,19H,5-8,13-15H2,1-4H3,(H,26,27)/t17?,19-/m0/s1. The second kappa shape index (κ2) is 9.75. The van der Waals surface area contributed by atoms with Crippen LogP contribution in [-0.4, -0.2) is 34.4 Å². The van der Waals surface area contributed by atoms with Crippen LogP contribution in [0.5, 0.6) is 0 Å². The number of oxazole rings is 1. The van der Waals surface area contributed by atoms with Gasteiger partial charge in [-0.15, -0.1) is 0 Å². The quantitative estimate of drug-likeness (QED) is 0.609. The summed E-state index contributed by atoms with van der Waals surface area (Å²) >= 11 is 0. The first-order valence-corrected chi connectivity index (χ1v) is 10.8. The molecule has 1 aromatic carbocycles. The van der Waals surface area contributed by atoms with E-state index in [1.54, 1.807) is 13.8 Å². The van der Waals surface area contributed by atoms with Gasteiger partial charge in [-0.05, 0) is 58.1 Å². The Balaban J connectivity index is 1.57. The van der Waals surface area contributed by atoms with Crippen molar-refractivity contribution in [1.29, 1.82) is 0 Å². The van der Waals surface area contributed by atoms with Gasteiger partial charge in [0.15, 0.2) is 5.60 Å². The van der Waals surface area contributed by atoms with Gasteiger partial charge in [-0.25, -0.2) is 9.78 Å². The number of hydrogen-bond acceptors (Lipinski definition) is 5. The highest BCUT2D eigenvalue weighted by Gasteiger charge is 2.31. The van der Waals surface area contributed by atoms with Crippen LogP contribution in [0.15, 0.2) is 28.7 Å². The number of nitrogens with zero attached hydrogens (tertiary/aromatic N) is 1. The molecular weight excluding hydrogens is 382 g/mol. The Kier molecular flexibility index (Phi) is 7.32. The Hall–Kier alpha value is -2.18. The molecule has 0 radical (unpaired) electrons. The maximum Gasteiger partial charge on any atom is 0.335 e. The second-order valence-corrected chi connectivity index (χ2v) is 8.70. The molecule has 1 unspecified atom stereocenters. The summed E-state index contributed by atoms with van der Waals surface area (Å²) in [6.45, 7) is 8.17.